The molecule has 2 N–H and O–H groups in total. The number of alkyl carbamates (subject to hydrolysis) is 1. The molecule has 1 heterocycles. The van der Waals surface area contributed by atoms with Gasteiger partial charge >= 0.3 is 6.09 Å². The van der Waals surface area contributed by atoms with Gasteiger partial charge in [-0.1, -0.05) is 26.0 Å². The first-order chi connectivity index (χ1) is 13.1. The van der Waals surface area contributed by atoms with E-state index in [0.717, 1.165) is 0 Å². The van der Waals surface area contributed by atoms with E-state index in [0.29, 0.717) is 23.8 Å². The molecule has 0 saturated carbocycles. The highest BCUT2D eigenvalue weighted by Gasteiger charge is 2.31. The molecule has 2 aromatic rings. The third-order valence-corrected chi connectivity index (χ3v) is 4.56. The maximum Gasteiger partial charge on any atom is 0.407 e. The van der Waals surface area contributed by atoms with Crippen molar-refractivity contribution >= 4 is 23.0 Å². The molecule has 0 unspecified atom stereocenters. The molecule has 0 aliphatic rings. The van der Waals surface area contributed by atoms with Crippen molar-refractivity contribution in [1.82, 2.24) is 10.6 Å². The van der Waals surface area contributed by atoms with Crippen molar-refractivity contribution in [1.29, 1.82) is 0 Å². The Labute approximate surface area is 164 Å². The Balaban J connectivity index is 2.18. The molecule has 2 rings (SSSR count). The summed E-state index contributed by atoms with van der Waals surface area (Å²) in [5.74, 6) is -0.565. The zero-order valence-electron chi connectivity index (χ0n) is 17.0. The summed E-state index contributed by atoms with van der Waals surface area (Å²) in [7, 11) is 0. The first-order valence-electron chi connectivity index (χ1n) is 9.41. The second-order valence-corrected chi connectivity index (χ2v) is 7.77. The van der Waals surface area contributed by atoms with Gasteiger partial charge in [0.15, 0.2) is 11.2 Å². The topological polar surface area (TPSA) is 97.6 Å². The monoisotopic (exact) mass is 388 g/mol. The Kier molecular flexibility index (Phi) is 6.48. The Hall–Kier alpha value is -2.83. The molecule has 0 radical (unpaired) electrons. The van der Waals surface area contributed by atoms with E-state index in [4.69, 9.17) is 9.15 Å². The van der Waals surface area contributed by atoms with E-state index in [2.05, 4.69) is 10.6 Å². The molecule has 0 aliphatic heterocycles. The fourth-order valence-electron chi connectivity index (χ4n) is 2.79. The van der Waals surface area contributed by atoms with Gasteiger partial charge in [-0.25, -0.2) is 4.79 Å². The third kappa shape index (κ3) is 5.34. The standard InChI is InChI=1S/C21H28N2O5/c1-6-21(7-2,13-22-19(26)28-20(3,4)5)23-18(25)17-12-15(24)14-10-8-9-11-16(14)27-17/h8-12H,6-7,13H2,1-5H3,(H,22,26)(H,23,25). The molecular formula is C21H28N2O5. The highest BCUT2D eigenvalue weighted by atomic mass is 16.6. The average molecular weight is 388 g/mol. The van der Waals surface area contributed by atoms with Gasteiger partial charge in [0.2, 0.25) is 0 Å². The van der Waals surface area contributed by atoms with Gasteiger partial charge in [-0.05, 0) is 45.7 Å². The minimum atomic E-state index is -0.696. The van der Waals surface area contributed by atoms with E-state index in [-0.39, 0.29) is 17.7 Å². The van der Waals surface area contributed by atoms with Crippen LogP contribution in [0.25, 0.3) is 11.0 Å². The summed E-state index contributed by atoms with van der Waals surface area (Å²) in [4.78, 5) is 37.0. The highest BCUT2D eigenvalue weighted by Crippen LogP contribution is 2.17. The molecule has 0 atom stereocenters. The zero-order valence-corrected chi connectivity index (χ0v) is 17.0. The smallest absolute Gasteiger partial charge is 0.407 e. The van der Waals surface area contributed by atoms with E-state index < -0.39 is 23.1 Å². The van der Waals surface area contributed by atoms with Crippen molar-refractivity contribution in [3.8, 4) is 0 Å². The number of carbonyl (C=O) groups excluding carboxylic acids is 2. The van der Waals surface area contributed by atoms with Crippen LogP contribution in [0.3, 0.4) is 0 Å². The molecule has 2 amide bonds. The predicted molar refractivity (Wildman–Crippen MR) is 107 cm³/mol. The number of carbonyl (C=O) groups is 2. The van der Waals surface area contributed by atoms with E-state index in [9.17, 15) is 14.4 Å². The summed E-state index contributed by atoms with van der Waals surface area (Å²) in [5.41, 5.74) is -1.23. The van der Waals surface area contributed by atoms with Crippen molar-refractivity contribution in [3.05, 3.63) is 46.3 Å². The summed E-state index contributed by atoms with van der Waals surface area (Å²) < 4.78 is 10.9. The number of nitrogens with one attached hydrogen (secondary N) is 2. The van der Waals surface area contributed by atoms with Crippen LogP contribution in [-0.2, 0) is 4.74 Å². The SMILES string of the molecule is CCC(CC)(CNC(=O)OC(C)(C)C)NC(=O)c1cc(=O)c2ccccc2o1. The molecule has 0 fully saturated rings. The Morgan fingerprint density at radius 3 is 2.36 bits per heavy atom. The van der Waals surface area contributed by atoms with E-state index in [1.54, 1.807) is 45.0 Å². The number of benzene rings is 1. The van der Waals surface area contributed by atoms with Gasteiger partial charge < -0.3 is 19.8 Å². The van der Waals surface area contributed by atoms with E-state index >= 15 is 0 Å². The second-order valence-electron chi connectivity index (χ2n) is 7.77. The number of para-hydroxylation sites is 1. The molecule has 0 bridgehead atoms. The van der Waals surface area contributed by atoms with Crippen molar-refractivity contribution in [2.75, 3.05) is 6.54 Å². The van der Waals surface area contributed by atoms with Crippen LogP contribution in [-0.4, -0.2) is 29.7 Å². The van der Waals surface area contributed by atoms with Crippen LogP contribution in [0.5, 0.6) is 0 Å². The molecule has 28 heavy (non-hydrogen) atoms. The zero-order chi connectivity index (χ0) is 20.9. The molecule has 1 aromatic carbocycles. The fourth-order valence-corrected chi connectivity index (χ4v) is 2.79. The number of fused-ring (bicyclic) bond motifs is 1. The number of ether oxygens (including phenoxy) is 1. The van der Waals surface area contributed by atoms with Crippen LogP contribution in [0.4, 0.5) is 4.79 Å². The molecule has 7 nitrogen and oxygen atoms in total. The summed E-state index contributed by atoms with van der Waals surface area (Å²) in [6, 6.07) is 7.95. The lowest BCUT2D eigenvalue weighted by molar-refractivity contribution is 0.0501. The number of amides is 2. The molecule has 7 heteroatoms. The number of hydrogen-bond donors (Lipinski definition) is 2. The van der Waals surface area contributed by atoms with Gasteiger partial charge in [0.25, 0.3) is 5.91 Å². The van der Waals surface area contributed by atoms with Gasteiger partial charge in [0, 0.05) is 12.6 Å². The molecule has 1 aromatic heterocycles. The van der Waals surface area contributed by atoms with Crippen molar-refractivity contribution in [3.63, 3.8) is 0 Å². The normalized spacial score (nSPS) is 11.9. The third-order valence-electron chi connectivity index (χ3n) is 4.56. The maximum absolute atomic E-state index is 12.8. The van der Waals surface area contributed by atoms with Gasteiger partial charge in [0.1, 0.15) is 11.2 Å². The van der Waals surface area contributed by atoms with Crippen LogP contribution >= 0.6 is 0 Å². The fraction of sp³-hybridized carbons (Fsp3) is 0.476. The first kappa shape index (κ1) is 21.5. The van der Waals surface area contributed by atoms with Crippen LogP contribution < -0.4 is 16.1 Å². The van der Waals surface area contributed by atoms with Gasteiger partial charge in [-0.2, -0.15) is 0 Å². The van der Waals surface area contributed by atoms with Crippen LogP contribution in [0.1, 0.15) is 58.0 Å². The minimum Gasteiger partial charge on any atom is -0.451 e. The van der Waals surface area contributed by atoms with Crippen molar-refractivity contribution in [2.24, 2.45) is 0 Å². The highest BCUT2D eigenvalue weighted by molar-refractivity contribution is 5.93. The molecule has 0 spiro atoms. The number of hydrogen-bond acceptors (Lipinski definition) is 5. The van der Waals surface area contributed by atoms with E-state index in [1.807, 2.05) is 13.8 Å². The molecule has 0 saturated heterocycles. The first-order valence-corrected chi connectivity index (χ1v) is 9.41. The van der Waals surface area contributed by atoms with Crippen LogP contribution in [0.15, 0.2) is 39.5 Å². The Morgan fingerprint density at radius 2 is 1.75 bits per heavy atom. The van der Waals surface area contributed by atoms with Gasteiger partial charge in [-0.15, -0.1) is 0 Å². The summed E-state index contributed by atoms with van der Waals surface area (Å²) >= 11 is 0. The quantitative estimate of drug-likeness (QED) is 0.788. The summed E-state index contributed by atoms with van der Waals surface area (Å²) in [5, 5.41) is 6.05. The Bertz CT molecular complexity index is 907. The minimum absolute atomic E-state index is 0.0627. The maximum atomic E-state index is 12.8. The van der Waals surface area contributed by atoms with Gasteiger partial charge in [0.05, 0.1) is 10.9 Å². The lowest BCUT2D eigenvalue weighted by atomic mass is 9.92. The lowest BCUT2D eigenvalue weighted by Crippen LogP contribution is -2.55. The predicted octanol–water partition coefficient (Wildman–Crippen LogP) is 3.61. The second kappa shape index (κ2) is 8.46. The van der Waals surface area contributed by atoms with Gasteiger partial charge in [-0.3, -0.25) is 9.59 Å². The summed E-state index contributed by atoms with van der Waals surface area (Å²) in [6.45, 7) is 9.36. The molecule has 152 valence electrons. The molecule has 0 aliphatic carbocycles. The summed E-state index contributed by atoms with van der Waals surface area (Å²) in [6.07, 6.45) is 0.594. The lowest BCUT2D eigenvalue weighted by Gasteiger charge is -2.33. The average Bonchev–Trinajstić information content (AvgIpc) is 2.63. The van der Waals surface area contributed by atoms with Crippen LogP contribution in [0.2, 0.25) is 0 Å². The molecular weight excluding hydrogens is 360 g/mol. The van der Waals surface area contributed by atoms with E-state index in [1.165, 1.54) is 6.07 Å². The van der Waals surface area contributed by atoms with Crippen LogP contribution in [0, 0.1) is 0 Å². The Morgan fingerprint density at radius 1 is 1.11 bits per heavy atom. The van der Waals surface area contributed by atoms with Crippen molar-refractivity contribution in [2.45, 2.75) is 58.6 Å². The largest absolute Gasteiger partial charge is 0.451 e. The van der Waals surface area contributed by atoms with Crippen molar-refractivity contribution < 1.29 is 18.7 Å². The number of rotatable bonds is 6.